The molecule has 0 unspecified atom stereocenters. The molecular formula is C10H11N3O. The molecule has 1 aromatic heterocycles. The van der Waals surface area contributed by atoms with Gasteiger partial charge < -0.3 is 4.74 Å². The molecule has 2 aromatic rings. The highest BCUT2D eigenvalue weighted by atomic mass is 16.5. The lowest BCUT2D eigenvalue weighted by molar-refractivity contribution is 0.414. The largest absolute Gasteiger partial charge is 0.497 e. The minimum Gasteiger partial charge on any atom is -0.497 e. The number of aromatic nitrogens is 3. The van der Waals surface area contributed by atoms with Gasteiger partial charge in [-0.2, -0.15) is 0 Å². The van der Waals surface area contributed by atoms with Gasteiger partial charge in [0.25, 0.3) is 0 Å². The van der Waals surface area contributed by atoms with Gasteiger partial charge in [-0.15, -0.1) is 5.10 Å². The van der Waals surface area contributed by atoms with Crippen molar-refractivity contribution in [3.63, 3.8) is 0 Å². The van der Waals surface area contributed by atoms with Crippen LogP contribution < -0.4 is 4.74 Å². The molecule has 4 heteroatoms. The molecule has 0 atom stereocenters. The van der Waals surface area contributed by atoms with Crippen LogP contribution in [0.2, 0.25) is 0 Å². The van der Waals surface area contributed by atoms with Crippen LogP contribution in [0.25, 0.3) is 0 Å². The fraction of sp³-hybridized carbons (Fsp3) is 0.200. The van der Waals surface area contributed by atoms with Crippen LogP contribution in [0.4, 0.5) is 0 Å². The van der Waals surface area contributed by atoms with E-state index >= 15 is 0 Å². The zero-order valence-corrected chi connectivity index (χ0v) is 7.90. The molecule has 1 N–H and O–H groups in total. The lowest BCUT2D eigenvalue weighted by Crippen LogP contribution is -1.90. The first-order valence-electron chi connectivity index (χ1n) is 4.37. The summed E-state index contributed by atoms with van der Waals surface area (Å²) in [6.07, 6.45) is 2.56. The van der Waals surface area contributed by atoms with Crippen molar-refractivity contribution in [1.82, 2.24) is 15.4 Å². The zero-order valence-electron chi connectivity index (χ0n) is 7.90. The van der Waals surface area contributed by atoms with E-state index in [0.29, 0.717) is 0 Å². The van der Waals surface area contributed by atoms with Crippen molar-refractivity contribution < 1.29 is 4.74 Å². The van der Waals surface area contributed by atoms with E-state index in [0.717, 1.165) is 17.9 Å². The van der Waals surface area contributed by atoms with E-state index in [1.165, 1.54) is 5.56 Å². The van der Waals surface area contributed by atoms with Crippen LogP contribution in [-0.4, -0.2) is 22.5 Å². The molecule has 0 amide bonds. The summed E-state index contributed by atoms with van der Waals surface area (Å²) >= 11 is 0. The zero-order chi connectivity index (χ0) is 9.80. The standard InChI is InChI=1S/C10H11N3O/c1-14-10-4-2-3-8(6-10)5-9-7-11-13-12-9/h2-4,6-7H,5H2,1H3,(H,11,12,13). The summed E-state index contributed by atoms with van der Waals surface area (Å²) in [6, 6.07) is 7.92. The van der Waals surface area contributed by atoms with Gasteiger partial charge in [-0.1, -0.05) is 17.3 Å². The predicted octanol–water partition coefficient (Wildman–Crippen LogP) is 1.40. The highest BCUT2D eigenvalue weighted by Gasteiger charge is 1.99. The van der Waals surface area contributed by atoms with E-state index in [1.54, 1.807) is 13.3 Å². The van der Waals surface area contributed by atoms with Crippen molar-refractivity contribution in [1.29, 1.82) is 0 Å². The first kappa shape index (κ1) is 8.74. The number of hydrogen-bond acceptors (Lipinski definition) is 3. The number of nitrogens with one attached hydrogen (secondary N) is 1. The van der Waals surface area contributed by atoms with Crippen molar-refractivity contribution in [3.05, 3.63) is 41.7 Å². The monoisotopic (exact) mass is 189 g/mol. The topological polar surface area (TPSA) is 50.8 Å². The second-order valence-electron chi connectivity index (χ2n) is 2.99. The third-order valence-electron chi connectivity index (χ3n) is 1.99. The Bertz CT molecular complexity index is 398. The number of methoxy groups -OCH3 is 1. The van der Waals surface area contributed by atoms with E-state index in [1.807, 2.05) is 24.3 Å². The van der Waals surface area contributed by atoms with E-state index in [2.05, 4.69) is 15.4 Å². The predicted molar refractivity (Wildman–Crippen MR) is 52.2 cm³/mol. The van der Waals surface area contributed by atoms with Crippen molar-refractivity contribution in [2.24, 2.45) is 0 Å². The first-order valence-corrected chi connectivity index (χ1v) is 4.37. The van der Waals surface area contributed by atoms with Crippen molar-refractivity contribution >= 4 is 0 Å². The van der Waals surface area contributed by atoms with Crippen LogP contribution in [-0.2, 0) is 6.42 Å². The molecule has 0 spiro atoms. The molecular weight excluding hydrogens is 178 g/mol. The van der Waals surface area contributed by atoms with E-state index in [-0.39, 0.29) is 0 Å². The third-order valence-corrected chi connectivity index (χ3v) is 1.99. The van der Waals surface area contributed by atoms with Gasteiger partial charge in [-0.25, -0.2) is 0 Å². The average molecular weight is 189 g/mol. The van der Waals surface area contributed by atoms with E-state index < -0.39 is 0 Å². The summed E-state index contributed by atoms with van der Waals surface area (Å²) < 4.78 is 5.13. The Morgan fingerprint density at radius 2 is 2.36 bits per heavy atom. The lowest BCUT2D eigenvalue weighted by Gasteiger charge is -2.01. The molecule has 0 aliphatic carbocycles. The van der Waals surface area contributed by atoms with Gasteiger partial charge in [-0.05, 0) is 17.7 Å². The molecule has 0 aliphatic rings. The molecule has 0 aliphatic heterocycles. The van der Waals surface area contributed by atoms with Crippen molar-refractivity contribution in [3.8, 4) is 5.75 Å². The second kappa shape index (κ2) is 3.91. The maximum Gasteiger partial charge on any atom is 0.119 e. The number of ether oxygens (including phenoxy) is 1. The molecule has 4 nitrogen and oxygen atoms in total. The molecule has 14 heavy (non-hydrogen) atoms. The number of nitrogens with zero attached hydrogens (tertiary/aromatic N) is 2. The fourth-order valence-electron chi connectivity index (χ4n) is 1.30. The molecule has 1 heterocycles. The summed E-state index contributed by atoms with van der Waals surface area (Å²) in [7, 11) is 1.66. The molecule has 0 bridgehead atoms. The number of benzene rings is 1. The summed E-state index contributed by atoms with van der Waals surface area (Å²) in [5.41, 5.74) is 2.09. The first-order chi connectivity index (χ1) is 6.88. The van der Waals surface area contributed by atoms with Crippen LogP contribution in [0.15, 0.2) is 30.5 Å². The van der Waals surface area contributed by atoms with E-state index in [9.17, 15) is 0 Å². The Hall–Kier alpha value is -1.84. The Balaban J connectivity index is 2.17. The van der Waals surface area contributed by atoms with Gasteiger partial charge in [0.15, 0.2) is 0 Å². The highest BCUT2D eigenvalue weighted by molar-refractivity contribution is 5.30. The summed E-state index contributed by atoms with van der Waals surface area (Å²) in [5.74, 6) is 0.867. The van der Waals surface area contributed by atoms with Crippen LogP contribution in [0, 0.1) is 0 Å². The molecule has 2 rings (SSSR count). The normalized spacial score (nSPS) is 10.1. The molecule has 72 valence electrons. The third kappa shape index (κ3) is 1.90. The van der Waals surface area contributed by atoms with Gasteiger partial charge >= 0.3 is 0 Å². The molecule has 0 saturated carbocycles. The summed E-state index contributed by atoms with van der Waals surface area (Å²) in [4.78, 5) is 0. The lowest BCUT2D eigenvalue weighted by atomic mass is 10.1. The Kier molecular flexibility index (Phi) is 2.44. The van der Waals surface area contributed by atoms with Gasteiger partial charge in [0.05, 0.1) is 12.8 Å². The Morgan fingerprint density at radius 3 is 3.07 bits per heavy atom. The SMILES string of the molecule is COc1cccc(Cc2c[nH]nn2)c1. The molecule has 0 saturated heterocycles. The van der Waals surface area contributed by atoms with Crippen LogP contribution in [0.5, 0.6) is 5.75 Å². The molecule has 0 fully saturated rings. The van der Waals surface area contributed by atoms with Gasteiger partial charge in [0.2, 0.25) is 0 Å². The van der Waals surface area contributed by atoms with Crippen LogP contribution in [0.1, 0.15) is 11.3 Å². The Morgan fingerprint density at radius 1 is 1.43 bits per heavy atom. The van der Waals surface area contributed by atoms with Crippen molar-refractivity contribution in [2.45, 2.75) is 6.42 Å². The summed E-state index contributed by atoms with van der Waals surface area (Å²) in [5, 5.41) is 10.3. The second-order valence-corrected chi connectivity index (χ2v) is 2.99. The van der Waals surface area contributed by atoms with Gasteiger partial charge in [-0.3, -0.25) is 5.10 Å². The number of rotatable bonds is 3. The quantitative estimate of drug-likeness (QED) is 0.794. The molecule has 0 radical (unpaired) electrons. The van der Waals surface area contributed by atoms with Gasteiger partial charge in [0.1, 0.15) is 5.75 Å². The number of aromatic amines is 1. The Labute approximate surface area is 81.9 Å². The van der Waals surface area contributed by atoms with Crippen LogP contribution >= 0.6 is 0 Å². The highest BCUT2D eigenvalue weighted by Crippen LogP contribution is 2.14. The maximum absolute atomic E-state index is 5.13. The van der Waals surface area contributed by atoms with Crippen molar-refractivity contribution in [2.75, 3.05) is 7.11 Å². The number of H-pyrrole nitrogens is 1. The smallest absolute Gasteiger partial charge is 0.119 e. The minimum atomic E-state index is 0.772. The summed E-state index contributed by atoms with van der Waals surface area (Å²) in [6.45, 7) is 0. The minimum absolute atomic E-state index is 0.772. The van der Waals surface area contributed by atoms with Gasteiger partial charge in [0, 0.05) is 12.6 Å². The maximum atomic E-state index is 5.13. The van der Waals surface area contributed by atoms with E-state index in [4.69, 9.17) is 4.74 Å². The van der Waals surface area contributed by atoms with Crippen LogP contribution in [0.3, 0.4) is 0 Å². The molecule has 1 aromatic carbocycles. The average Bonchev–Trinajstić information content (AvgIpc) is 2.71. The number of hydrogen-bond donors (Lipinski definition) is 1. The fourth-order valence-corrected chi connectivity index (χ4v) is 1.30.